The molecule has 0 radical (unpaired) electrons. The Balaban J connectivity index is 1.33. The van der Waals surface area contributed by atoms with Crippen LogP contribution in [0.2, 0.25) is 0 Å². The molecule has 27 heavy (non-hydrogen) atoms. The molecule has 150 valence electrons. The van der Waals surface area contributed by atoms with Crippen molar-refractivity contribution in [3.05, 3.63) is 35.9 Å². The first-order valence-corrected chi connectivity index (χ1v) is 10.3. The zero-order valence-corrected chi connectivity index (χ0v) is 16.7. The molecule has 1 aromatic rings. The summed E-state index contributed by atoms with van der Waals surface area (Å²) in [6.45, 7) is 13.8. The molecule has 3 rings (SSSR count). The first-order chi connectivity index (χ1) is 13.2. The number of ether oxygens (including phenoxy) is 1. The van der Waals surface area contributed by atoms with Crippen LogP contribution < -0.4 is 0 Å². The van der Waals surface area contributed by atoms with E-state index in [4.69, 9.17) is 4.74 Å². The minimum atomic E-state index is 0.289. The van der Waals surface area contributed by atoms with Crippen LogP contribution in [0.15, 0.2) is 30.3 Å². The fraction of sp³-hybridized carbons (Fsp3) is 0.667. The Labute approximate surface area is 163 Å². The summed E-state index contributed by atoms with van der Waals surface area (Å²) in [7, 11) is 0. The van der Waals surface area contributed by atoms with Crippen LogP contribution in [-0.2, 0) is 16.1 Å². The normalized spacial score (nSPS) is 20.1. The summed E-state index contributed by atoms with van der Waals surface area (Å²) in [5, 5.41) is 0. The first-order valence-electron chi connectivity index (χ1n) is 10.3. The minimum Gasteiger partial charge on any atom is -0.380 e. The predicted octanol–water partition coefficient (Wildman–Crippen LogP) is 0.985. The Hall–Kier alpha value is -1.47. The highest BCUT2D eigenvalue weighted by Gasteiger charge is 2.24. The molecule has 0 spiro atoms. The Morgan fingerprint density at radius 2 is 1.52 bits per heavy atom. The molecule has 6 heteroatoms. The first kappa shape index (κ1) is 20.3. The van der Waals surface area contributed by atoms with Crippen molar-refractivity contribution in [2.75, 3.05) is 78.7 Å². The molecule has 1 aromatic carbocycles. The maximum Gasteiger partial charge on any atom is 0.236 e. The van der Waals surface area contributed by atoms with Crippen molar-refractivity contribution in [2.24, 2.45) is 0 Å². The third-order valence-electron chi connectivity index (χ3n) is 5.55. The second-order valence-corrected chi connectivity index (χ2v) is 7.46. The molecule has 0 N–H and O–H groups in total. The number of hydrogen-bond donors (Lipinski definition) is 0. The lowest BCUT2D eigenvalue weighted by Crippen LogP contribution is -2.53. The molecule has 2 fully saturated rings. The van der Waals surface area contributed by atoms with Crippen molar-refractivity contribution < 1.29 is 9.53 Å². The monoisotopic (exact) mass is 374 g/mol. The molecular weight excluding hydrogens is 340 g/mol. The number of hydrogen-bond acceptors (Lipinski definition) is 5. The summed E-state index contributed by atoms with van der Waals surface area (Å²) in [6.07, 6.45) is 0. The van der Waals surface area contributed by atoms with Gasteiger partial charge >= 0.3 is 0 Å². The molecule has 0 aliphatic carbocycles. The van der Waals surface area contributed by atoms with Gasteiger partial charge in [0.1, 0.15) is 0 Å². The van der Waals surface area contributed by atoms with E-state index in [2.05, 4.69) is 45.0 Å². The number of benzene rings is 1. The van der Waals surface area contributed by atoms with Crippen LogP contribution in [0.5, 0.6) is 0 Å². The van der Waals surface area contributed by atoms with Crippen molar-refractivity contribution in [3.8, 4) is 0 Å². The topological polar surface area (TPSA) is 39.3 Å². The van der Waals surface area contributed by atoms with Crippen molar-refractivity contribution in [1.29, 1.82) is 0 Å². The van der Waals surface area contributed by atoms with Crippen LogP contribution in [0.1, 0.15) is 12.5 Å². The highest BCUT2D eigenvalue weighted by Crippen LogP contribution is 2.09. The number of carbonyl (C=O) groups excluding carboxylic acids is 1. The molecule has 0 atom stereocenters. The number of nitrogens with zero attached hydrogens (tertiary/aromatic N) is 4. The standard InChI is InChI=1S/C21H34N4O2/c1-2-27-17-16-22-8-10-24(11-9-22)19-21(26)25-14-12-23(13-15-25)18-20-6-4-3-5-7-20/h3-7H,2,8-19H2,1H3. The molecule has 2 heterocycles. The lowest BCUT2D eigenvalue weighted by atomic mass is 10.2. The summed E-state index contributed by atoms with van der Waals surface area (Å²) >= 11 is 0. The Morgan fingerprint density at radius 3 is 2.19 bits per heavy atom. The van der Waals surface area contributed by atoms with Crippen LogP contribution in [0.4, 0.5) is 0 Å². The van der Waals surface area contributed by atoms with Gasteiger partial charge in [-0.1, -0.05) is 30.3 Å². The molecule has 1 amide bonds. The van der Waals surface area contributed by atoms with Gasteiger partial charge in [-0.3, -0.25) is 19.5 Å². The van der Waals surface area contributed by atoms with E-state index in [1.54, 1.807) is 0 Å². The van der Waals surface area contributed by atoms with Gasteiger partial charge in [-0.05, 0) is 12.5 Å². The summed E-state index contributed by atoms with van der Waals surface area (Å²) in [5.41, 5.74) is 1.35. The van der Waals surface area contributed by atoms with Gasteiger partial charge in [0.15, 0.2) is 0 Å². The fourth-order valence-electron chi connectivity index (χ4n) is 3.80. The van der Waals surface area contributed by atoms with Crippen molar-refractivity contribution >= 4 is 5.91 Å². The van der Waals surface area contributed by atoms with E-state index in [1.807, 2.05) is 11.8 Å². The van der Waals surface area contributed by atoms with E-state index >= 15 is 0 Å². The van der Waals surface area contributed by atoms with Crippen LogP contribution in [0.25, 0.3) is 0 Å². The van der Waals surface area contributed by atoms with Crippen molar-refractivity contribution in [2.45, 2.75) is 13.5 Å². The molecule has 0 aromatic heterocycles. The number of rotatable bonds is 8. The smallest absolute Gasteiger partial charge is 0.236 e. The van der Waals surface area contributed by atoms with Crippen LogP contribution >= 0.6 is 0 Å². The van der Waals surface area contributed by atoms with Gasteiger partial charge in [-0.2, -0.15) is 0 Å². The average Bonchev–Trinajstić information content (AvgIpc) is 2.71. The minimum absolute atomic E-state index is 0.289. The highest BCUT2D eigenvalue weighted by molar-refractivity contribution is 5.78. The molecule has 0 unspecified atom stereocenters. The highest BCUT2D eigenvalue weighted by atomic mass is 16.5. The van der Waals surface area contributed by atoms with Crippen molar-refractivity contribution in [3.63, 3.8) is 0 Å². The maximum atomic E-state index is 12.7. The van der Waals surface area contributed by atoms with Gasteiger partial charge in [-0.15, -0.1) is 0 Å². The van der Waals surface area contributed by atoms with Crippen LogP contribution in [0, 0.1) is 0 Å². The zero-order valence-electron chi connectivity index (χ0n) is 16.7. The van der Waals surface area contributed by atoms with Gasteiger partial charge in [0.2, 0.25) is 5.91 Å². The Kier molecular flexibility index (Phi) is 8.08. The third-order valence-corrected chi connectivity index (χ3v) is 5.55. The van der Waals surface area contributed by atoms with Crippen LogP contribution in [0.3, 0.4) is 0 Å². The summed E-state index contributed by atoms with van der Waals surface area (Å²) in [6, 6.07) is 10.6. The Morgan fingerprint density at radius 1 is 0.889 bits per heavy atom. The largest absolute Gasteiger partial charge is 0.380 e. The Bertz CT molecular complexity index is 553. The van der Waals surface area contributed by atoms with Crippen molar-refractivity contribution in [1.82, 2.24) is 19.6 Å². The van der Waals surface area contributed by atoms with E-state index < -0.39 is 0 Å². The summed E-state index contributed by atoms with van der Waals surface area (Å²) < 4.78 is 5.43. The molecule has 2 aliphatic rings. The van der Waals surface area contributed by atoms with Gasteiger partial charge in [-0.25, -0.2) is 0 Å². The van der Waals surface area contributed by atoms with Gasteiger partial charge in [0.25, 0.3) is 0 Å². The lowest BCUT2D eigenvalue weighted by Gasteiger charge is -2.38. The average molecular weight is 375 g/mol. The summed E-state index contributed by atoms with van der Waals surface area (Å²) in [4.78, 5) is 21.9. The van der Waals surface area contributed by atoms with Crippen LogP contribution in [-0.4, -0.2) is 104 Å². The van der Waals surface area contributed by atoms with E-state index in [0.717, 1.165) is 78.7 Å². The number of amides is 1. The molecule has 6 nitrogen and oxygen atoms in total. The van der Waals surface area contributed by atoms with Gasteiger partial charge in [0.05, 0.1) is 13.2 Å². The number of carbonyl (C=O) groups is 1. The third kappa shape index (κ3) is 6.57. The van der Waals surface area contributed by atoms with Gasteiger partial charge in [0, 0.05) is 72.1 Å². The number of piperazine rings is 2. The lowest BCUT2D eigenvalue weighted by molar-refractivity contribution is -0.134. The predicted molar refractivity (Wildman–Crippen MR) is 108 cm³/mol. The molecular formula is C21H34N4O2. The maximum absolute atomic E-state index is 12.7. The van der Waals surface area contributed by atoms with E-state index in [-0.39, 0.29) is 5.91 Å². The molecule has 2 saturated heterocycles. The molecule has 0 bridgehead atoms. The quantitative estimate of drug-likeness (QED) is 0.635. The summed E-state index contributed by atoms with van der Waals surface area (Å²) in [5.74, 6) is 0.289. The van der Waals surface area contributed by atoms with E-state index in [9.17, 15) is 4.79 Å². The van der Waals surface area contributed by atoms with E-state index in [0.29, 0.717) is 6.54 Å². The molecule has 2 aliphatic heterocycles. The fourth-order valence-corrected chi connectivity index (χ4v) is 3.80. The molecule has 0 saturated carbocycles. The zero-order chi connectivity index (χ0) is 18.9. The van der Waals surface area contributed by atoms with Gasteiger partial charge < -0.3 is 9.64 Å². The SMILES string of the molecule is CCOCCN1CCN(CC(=O)N2CCN(Cc3ccccc3)CC2)CC1. The second-order valence-electron chi connectivity index (χ2n) is 7.46. The second kappa shape index (κ2) is 10.8. The van der Waals surface area contributed by atoms with E-state index in [1.165, 1.54) is 5.56 Å².